The summed E-state index contributed by atoms with van der Waals surface area (Å²) in [5, 5.41) is 0.599. The number of carbonyl (C=O) groups excluding carboxylic acids is 1. The lowest BCUT2D eigenvalue weighted by Gasteiger charge is -2.33. The molecule has 2 unspecified atom stereocenters. The van der Waals surface area contributed by atoms with Gasteiger partial charge in [0.05, 0.1) is 6.10 Å². The summed E-state index contributed by atoms with van der Waals surface area (Å²) in [6.45, 7) is 3.03. The summed E-state index contributed by atoms with van der Waals surface area (Å²) in [4.78, 5) is 16.5. The largest absolute Gasteiger partial charge is 0.377 e. The van der Waals surface area contributed by atoms with Crippen molar-refractivity contribution in [2.45, 2.75) is 48.4 Å². The number of fused-ring (bicyclic) bond motifs is 1. The van der Waals surface area contributed by atoms with E-state index in [0.717, 1.165) is 38.9 Å². The van der Waals surface area contributed by atoms with E-state index in [9.17, 15) is 9.18 Å². The Hall–Kier alpha value is -1.69. The number of thioether (sulfide) groups is 1. The van der Waals surface area contributed by atoms with E-state index in [1.807, 2.05) is 18.9 Å². The summed E-state index contributed by atoms with van der Waals surface area (Å²) in [5.41, 5.74) is 1.96. The second-order valence-electron chi connectivity index (χ2n) is 8.37. The van der Waals surface area contributed by atoms with Crippen molar-refractivity contribution >= 4 is 17.5 Å². The molecule has 0 spiro atoms. The number of piperidine rings is 1. The Balaban J connectivity index is 1.21. The summed E-state index contributed by atoms with van der Waals surface area (Å²) in [6, 6.07) is 14.6. The van der Waals surface area contributed by atoms with Gasteiger partial charge < -0.3 is 9.64 Å². The fourth-order valence-electron chi connectivity index (χ4n) is 4.66. The lowest BCUT2D eigenvalue weighted by atomic mass is 9.89. The van der Waals surface area contributed by atoms with Crippen LogP contribution in [0.5, 0.6) is 0 Å². The van der Waals surface area contributed by atoms with E-state index in [-0.39, 0.29) is 23.6 Å². The van der Waals surface area contributed by atoms with Crippen molar-refractivity contribution in [3.8, 4) is 0 Å². The smallest absolute Gasteiger partial charge is 0.166 e. The van der Waals surface area contributed by atoms with Crippen LogP contribution in [0.1, 0.15) is 54.1 Å². The average Bonchev–Trinajstić information content (AvgIpc) is 2.79. The van der Waals surface area contributed by atoms with E-state index < -0.39 is 0 Å². The Morgan fingerprint density at radius 2 is 1.87 bits per heavy atom. The summed E-state index contributed by atoms with van der Waals surface area (Å²) in [6.07, 6.45) is 5.44. The molecule has 160 valence electrons. The third-order valence-corrected chi connectivity index (χ3v) is 7.80. The minimum absolute atomic E-state index is 0.0691. The molecule has 0 bridgehead atoms. The SMILES string of the molecule is COC1CC(CCCN2CCC(C(=O)c3ccc(F)cc3)CC2)Sc2ccccc21. The van der Waals surface area contributed by atoms with Gasteiger partial charge in [-0.15, -0.1) is 11.8 Å². The second-order valence-corrected chi connectivity index (χ2v) is 9.71. The van der Waals surface area contributed by atoms with Crippen LogP contribution in [0.3, 0.4) is 0 Å². The molecule has 2 aliphatic rings. The van der Waals surface area contributed by atoms with Gasteiger partial charge in [0.1, 0.15) is 5.82 Å². The standard InChI is InChI=1S/C25H30FNO2S/c1-29-23-17-21(30-24-7-3-2-6-22(23)24)5-4-14-27-15-12-19(13-16-27)25(28)18-8-10-20(26)11-9-18/h2-3,6-11,19,21,23H,4-5,12-17H2,1H3. The van der Waals surface area contributed by atoms with Crippen LogP contribution in [0.2, 0.25) is 0 Å². The number of halogens is 1. The maximum atomic E-state index is 13.1. The molecule has 5 heteroatoms. The van der Waals surface area contributed by atoms with Gasteiger partial charge in [-0.1, -0.05) is 18.2 Å². The zero-order valence-corrected chi connectivity index (χ0v) is 18.4. The number of carbonyl (C=O) groups is 1. The molecular formula is C25H30FNO2S. The first-order valence-electron chi connectivity index (χ1n) is 10.9. The second kappa shape index (κ2) is 10.1. The number of hydrogen-bond acceptors (Lipinski definition) is 4. The Morgan fingerprint density at radius 3 is 2.60 bits per heavy atom. The predicted molar refractivity (Wildman–Crippen MR) is 120 cm³/mol. The first kappa shape index (κ1) is 21.5. The number of ketones is 1. The minimum atomic E-state index is -0.294. The number of rotatable bonds is 7. The highest BCUT2D eigenvalue weighted by molar-refractivity contribution is 8.00. The lowest BCUT2D eigenvalue weighted by Crippen LogP contribution is -2.37. The molecule has 1 saturated heterocycles. The lowest BCUT2D eigenvalue weighted by molar-refractivity contribution is 0.0834. The van der Waals surface area contributed by atoms with Crippen molar-refractivity contribution < 1.29 is 13.9 Å². The van der Waals surface area contributed by atoms with E-state index in [1.165, 1.54) is 35.4 Å². The predicted octanol–water partition coefficient (Wildman–Crippen LogP) is 5.75. The Bertz CT molecular complexity index is 848. The molecule has 3 nitrogen and oxygen atoms in total. The molecule has 2 aliphatic heterocycles. The van der Waals surface area contributed by atoms with Gasteiger partial charge in [-0.25, -0.2) is 4.39 Å². The van der Waals surface area contributed by atoms with Crippen molar-refractivity contribution in [3.63, 3.8) is 0 Å². The van der Waals surface area contributed by atoms with Gasteiger partial charge in [-0.2, -0.15) is 0 Å². The average molecular weight is 428 g/mol. The summed E-state index contributed by atoms with van der Waals surface area (Å²) in [5.74, 6) is -0.0603. The molecular weight excluding hydrogens is 397 g/mol. The molecule has 0 N–H and O–H groups in total. The molecule has 30 heavy (non-hydrogen) atoms. The van der Waals surface area contributed by atoms with Crippen LogP contribution in [-0.4, -0.2) is 42.7 Å². The summed E-state index contributed by atoms with van der Waals surface area (Å²) < 4.78 is 18.8. The fraction of sp³-hybridized carbons (Fsp3) is 0.480. The normalized spacial score (nSPS) is 22.6. The quantitative estimate of drug-likeness (QED) is 0.526. The third kappa shape index (κ3) is 5.13. The Kier molecular flexibility index (Phi) is 7.24. The molecule has 0 aromatic heterocycles. The number of ether oxygens (including phenoxy) is 1. The first-order chi connectivity index (χ1) is 14.6. The number of likely N-dealkylation sites (tertiary alicyclic amines) is 1. The van der Waals surface area contributed by atoms with Crippen LogP contribution >= 0.6 is 11.8 Å². The maximum absolute atomic E-state index is 13.1. The zero-order valence-electron chi connectivity index (χ0n) is 17.6. The van der Waals surface area contributed by atoms with Crippen LogP contribution in [-0.2, 0) is 4.74 Å². The maximum Gasteiger partial charge on any atom is 0.166 e. The molecule has 2 atom stereocenters. The first-order valence-corrected chi connectivity index (χ1v) is 11.8. The number of Topliss-reactive ketones (excluding diaryl/α,β-unsaturated/α-hetero) is 1. The molecule has 0 aliphatic carbocycles. The van der Waals surface area contributed by atoms with Gasteiger partial charge in [0, 0.05) is 28.7 Å². The number of nitrogens with zero attached hydrogens (tertiary/aromatic N) is 1. The van der Waals surface area contributed by atoms with E-state index in [2.05, 4.69) is 29.2 Å². The van der Waals surface area contributed by atoms with Crippen molar-refractivity contribution in [2.24, 2.45) is 5.92 Å². The molecule has 1 fully saturated rings. The molecule has 0 radical (unpaired) electrons. The van der Waals surface area contributed by atoms with Crippen LogP contribution in [0, 0.1) is 11.7 Å². The highest BCUT2D eigenvalue weighted by Gasteiger charge is 2.28. The molecule has 2 aromatic carbocycles. The monoisotopic (exact) mass is 427 g/mol. The Morgan fingerprint density at radius 1 is 1.13 bits per heavy atom. The highest BCUT2D eigenvalue weighted by atomic mass is 32.2. The van der Waals surface area contributed by atoms with Crippen LogP contribution in [0.4, 0.5) is 4.39 Å². The van der Waals surface area contributed by atoms with Crippen molar-refractivity contribution in [3.05, 3.63) is 65.5 Å². The topological polar surface area (TPSA) is 29.5 Å². The minimum Gasteiger partial charge on any atom is -0.377 e. The van der Waals surface area contributed by atoms with E-state index in [1.54, 1.807) is 12.1 Å². The van der Waals surface area contributed by atoms with Crippen LogP contribution in [0.15, 0.2) is 53.4 Å². The highest BCUT2D eigenvalue weighted by Crippen LogP contribution is 2.43. The van der Waals surface area contributed by atoms with Crippen molar-refractivity contribution in [2.75, 3.05) is 26.7 Å². The Labute approximate surface area is 183 Å². The van der Waals surface area contributed by atoms with Crippen LogP contribution < -0.4 is 0 Å². The fourth-order valence-corrected chi connectivity index (χ4v) is 6.07. The van der Waals surface area contributed by atoms with Gasteiger partial charge in [-0.05, 0) is 87.6 Å². The molecule has 4 rings (SSSR count). The van der Waals surface area contributed by atoms with E-state index in [4.69, 9.17) is 4.74 Å². The molecule has 0 amide bonds. The zero-order chi connectivity index (χ0) is 20.9. The van der Waals surface area contributed by atoms with Gasteiger partial charge >= 0.3 is 0 Å². The van der Waals surface area contributed by atoms with Gasteiger partial charge in [0.25, 0.3) is 0 Å². The van der Waals surface area contributed by atoms with Gasteiger partial charge in [0.15, 0.2) is 5.78 Å². The molecule has 2 aromatic rings. The summed E-state index contributed by atoms with van der Waals surface area (Å²) >= 11 is 2.00. The molecule has 0 saturated carbocycles. The van der Waals surface area contributed by atoms with E-state index >= 15 is 0 Å². The summed E-state index contributed by atoms with van der Waals surface area (Å²) in [7, 11) is 1.81. The van der Waals surface area contributed by atoms with Crippen molar-refractivity contribution in [1.82, 2.24) is 4.90 Å². The number of methoxy groups -OCH3 is 1. The molecule has 2 heterocycles. The van der Waals surface area contributed by atoms with Crippen molar-refractivity contribution in [1.29, 1.82) is 0 Å². The van der Waals surface area contributed by atoms with Gasteiger partial charge in [0.2, 0.25) is 0 Å². The third-order valence-electron chi connectivity index (χ3n) is 6.41. The number of hydrogen-bond donors (Lipinski definition) is 0. The van der Waals surface area contributed by atoms with Gasteiger partial charge in [-0.3, -0.25) is 4.79 Å². The van der Waals surface area contributed by atoms with Crippen LogP contribution in [0.25, 0.3) is 0 Å². The van der Waals surface area contributed by atoms with E-state index in [0.29, 0.717) is 10.8 Å². The number of benzene rings is 2.